The maximum Gasteiger partial charge on any atom is 0.410 e. The first-order valence-electron chi connectivity index (χ1n) is 11.7. The van der Waals surface area contributed by atoms with Gasteiger partial charge in [-0.15, -0.1) is 0 Å². The lowest BCUT2D eigenvalue weighted by atomic mass is 9.93. The van der Waals surface area contributed by atoms with E-state index in [-0.39, 0.29) is 18.0 Å². The van der Waals surface area contributed by atoms with Crippen LogP contribution in [-0.2, 0) is 14.4 Å². The maximum absolute atomic E-state index is 13.4. The van der Waals surface area contributed by atoms with Gasteiger partial charge in [-0.2, -0.15) is 0 Å². The summed E-state index contributed by atoms with van der Waals surface area (Å²) in [7, 11) is 3.03. The molecule has 0 spiro atoms. The van der Waals surface area contributed by atoms with Crippen molar-refractivity contribution in [3.63, 3.8) is 0 Å². The fourth-order valence-corrected chi connectivity index (χ4v) is 5.00. The SMILES string of the molecule is CON(C)C(=O)C1=Cc2cc(Br)cnc2C(N2CCN(C(=O)OC(C)(C)C)CC2)c2ccc(Cl)cc21. The largest absolute Gasteiger partial charge is 0.444 e. The predicted octanol–water partition coefficient (Wildman–Crippen LogP) is 5.01. The Morgan fingerprint density at radius 2 is 1.86 bits per heavy atom. The molecule has 1 aromatic carbocycles. The number of carbonyl (C=O) groups excluding carboxylic acids is 2. The average Bonchev–Trinajstić information content (AvgIpc) is 2.96. The molecule has 8 nitrogen and oxygen atoms in total. The average molecular weight is 578 g/mol. The van der Waals surface area contributed by atoms with E-state index in [9.17, 15) is 9.59 Å². The van der Waals surface area contributed by atoms with E-state index < -0.39 is 5.60 Å². The zero-order valence-corrected chi connectivity index (χ0v) is 23.4. The van der Waals surface area contributed by atoms with Gasteiger partial charge < -0.3 is 9.64 Å². The van der Waals surface area contributed by atoms with Gasteiger partial charge in [0, 0.05) is 48.9 Å². The molecule has 2 amide bonds. The van der Waals surface area contributed by atoms with Crippen LogP contribution in [0.4, 0.5) is 4.79 Å². The van der Waals surface area contributed by atoms with Gasteiger partial charge >= 0.3 is 6.09 Å². The number of nitrogens with zero attached hydrogens (tertiary/aromatic N) is 4. The van der Waals surface area contributed by atoms with Crippen LogP contribution in [0.15, 0.2) is 34.9 Å². The second-order valence-electron chi connectivity index (χ2n) is 9.81. The van der Waals surface area contributed by atoms with E-state index in [1.54, 1.807) is 18.1 Å². The predicted molar refractivity (Wildman–Crippen MR) is 142 cm³/mol. The van der Waals surface area contributed by atoms with E-state index in [0.29, 0.717) is 36.8 Å². The van der Waals surface area contributed by atoms with Gasteiger partial charge in [-0.1, -0.05) is 17.7 Å². The zero-order chi connectivity index (χ0) is 26.2. The number of aromatic nitrogens is 1. The molecule has 1 atom stereocenters. The minimum Gasteiger partial charge on any atom is -0.444 e. The third kappa shape index (κ3) is 5.59. The summed E-state index contributed by atoms with van der Waals surface area (Å²) in [6, 6.07) is 7.32. The molecule has 2 aliphatic rings. The highest BCUT2D eigenvalue weighted by molar-refractivity contribution is 9.10. The summed E-state index contributed by atoms with van der Waals surface area (Å²) in [4.78, 5) is 40.0. The Morgan fingerprint density at radius 3 is 2.50 bits per heavy atom. The number of likely N-dealkylation sites (N-methyl/N-ethyl adjacent to an activating group) is 1. The van der Waals surface area contributed by atoms with Gasteiger partial charge in [-0.05, 0) is 77.7 Å². The summed E-state index contributed by atoms with van der Waals surface area (Å²) in [6.45, 7) is 7.86. The van der Waals surface area contributed by atoms with E-state index in [4.69, 9.17) is 26.2 Å². The number of piperazine rings is 1. The van der Waals surface area contributed by atoms with Gasteiger partial charge in [-0.3, -0.25) is 19.5 Å². The normalized spacial score (nSPS) is 18.0. The number of pyridine rings is 1. The smallest absolute Gasteiger partial charge is 0.410 e. The topological polar surface area (TPSA) is 75.2 Å². The van der Waals surface area contributed by atoms with E-state index in [0.717, 1.165) is 26.9 Å². The van der Waals surface area contributed by atoms with Gasteiger partial charge in [0.15, 0.2) is 0 Å². The van der Waals surface area contributed by atoms with E-state index in [1.165, 1.54) is 12.2 Å². The lowest BCUT2D eigenvalue weighted by molar-refractivity contribution is -0.161. The summed E-state index contributed by atoms with van der Waals surface area (Å²) in [5, 5.41) is 1.72. The van der Waals surface area contributed by atoms with Crippen molar-refractivity contribution in [1.82, 2.24) is 19.8 Å². The van der Waals surface area contributed by atoms with Crippen molar-refractivity contribution in [3.8, 4) is 0 Å². The molecule has 1 aliphatic heterocycles. The Labute approximate surface area is 224 Å². The third-order valence-corrected chi connectivity index (χ3v) is 6.87. The molecular formula is C26H30BrClN4O4. The second-order valence-corrected chi connectivity index (χ2v) is 11.2. The van der Waals surface area contributed by atoms with Crippen molar-refractivity contribution in [1.29, 1.82) is 0 Å². The van der Waals surface area contributed by atoms with Gasteiger partial charge in [0.25, 0.3) is 5.91 Å². The number of halogens is 2. The Bertz CT molecular complexity index is 1200. The molecule has 1 saturated heterocycles. The summed E-state index contributed by atoms with van der Waals surface area (Å²) < 4.78 is 6.37. The number of rotatable bonds is 3. The third-order valence-electron chi connectivity index (χ3n) is 6.20. The number of hydrogen-bond acceptors (Lipinski definition) is 6. The standard InChI is InChI=1S/C26H30BrClN4O4/c1-26(2,3)36-25(34)32-10-8-31(9-11-32)23-19-7-6-18(28)14-20(19)21(24(33)30(4)35-5)13-16-12-17(27)15-29-22(16)23/h6-7,12-15,23H,8-11H2,1-5H3. The molecule has 0 bridgehead atoms. The van der Waals surface area contributed by atoms with Crippen LogP contribution < -0.4 is 0 Å². The van der Waals surface area contributed by atoms with Crippen LogP contribution in [-0.4, -0.2) is 77.8 Å². The minimum atomic E-state index is -0.548. The number of amides is 2. The van der Waals surface area contributed by atoms with Crippen LogP contribution in [0.3, 0.4) is 0 Å². The van der Waals surface area contributed by atoms with E-state index >= 15 is 0 Å². The van der Waals surface area contributed by atoms with E-state index in [1.807, 2.05) is 51.1 Å². The van der Waals surface area contributed by atoms with Crippen molar-refractivity contribution >= 4 is 51.2 Å². The summed E-state index contributed by atoms with van der Waals surface area (Å²) >= 11 is 9.93. The molecule has 192 valence electrons. The maximum atomic E-state index is 13.4. The molecule has 1 aromatic heterocycles. The van der Waals surface area contributed by atoms with Crippen LogP contribution in [0.25, 0.3) is 11.6 Å². The van der Waals surface area contributed by atoms with Crippen LogP contribution in [0.1, 0.15) is 49.2 Å². The fourth-order valence-electron chi connectivity index (χ4n) is 4.48. The van der Waals surface area contributed by atoms with Crippen molar-refractivity contribution in [2.45, 2.75) is 32.4 Å². The highest BCUT2D eigenvalue weighted by Crippen LogP contribution is 2.41. The van der Waals surface area contributed by atoms with Crippen molar-refractivity contribution in [2.24, 2.45) is 0 Å². The Hall–Kier alpha value is -2.46. The molecule has 4 rings (SSSR count). The van der Waals surface area contributed by atoms with Gasteiger partial charge in [0.05, 0.1) is 24.4 Å². The highest BCUT2D eigenvalue weighted by Gasteiger charge is 2.36. The summed E-state index contributed by atoms with van der Waals surface area (Å²) in [5.41, 5.74) is 3.22. The molecule has 1 fully saturated rings. The molecule has 1 unspecified atom stereocenters. The number of fused-ring (bicyclic) bond motifs is 2. The number of ether oxygens (including phenoxy) is 1. The Kier molecular flexibility index (Phi) is 7.75. The van der Waals surface area contributed by atoms with Crippen LogP contribution in [0.5, 0.6) is 0 Å². The Balaban J connectivity index is 1.75. The number of benzene rings is 1. The van der Waals surface area contributed by atoms with Gasteiger partial charge in [-0.25, -0.2) is 9.86 Å². The molecular weight excluding hydrogens is 548 g/mol. The first-order valence-corrected chi connectivity index (χ1v) is 12.9. The van der Waals surface area contributed by atoms with Crippen LogP contribution >= 0.6 is 27.5 Å². The first-order chi connectivity index (χ1) is 17.0. The monoisotopic (exact) mass is 576 g/mol. The second kappa shape index (κ2) is 10.5. The fraction of sp³-hybridized carbons (Fsp3) is 0.423. The first kappa shape index (κ1) is 26.6. The molecule has 1 aliphatic carbocycles. The molecule has 10 heteroatoms. The van der Waals surface area contributed by atoms with Crippen molar-refractivity contribution in [3.05, 3.63) is 62.3 Å². The summed E-state index contributed by atoms with van der Waals surface area (Å²) in [5.74, 6) is -0.290. The molecule has 2 heterocycles. The van der Waals surface area contributed by atoms with Crippen LogP contribution in [0.2, 0.25) is 5.02 Å². The number of hydroxylamine groups is 2. The summed E-state index contributed by atoms with van der Waals surface area (Å²) in [6.07, 6.45) is 3.30. The van der Waals surface area contributed by atoms with Crippen molar-refractivity contribution < 1.29 is 19.2 Å². The number of carbonyl (C=O) groups is 2. The van der Waals surface area contributed by atoms with E-state index in [2.05, 4.69) is 20.8 Å². The highest BCUT2D eigenvalue weighted by atomic mass is 79.9. The molecule has 36 heavy (non-hydrogen) atoms. The Morgan fingerprint density at radius 1 is 1.17 bits per heavy atom. The van der Waals surface area contributed by atoms with Gasteiger partial charge in [0.1, 0.15) is 5.60 Å². The van der Waals surface area contributed by atoms with Crippen molar-refractivity contribution in [2.75, 3.05) is 40.3 Å². The van der Waals surface area contributed by atoms with Gasteiger partial charge in [0.2, 0.25) is 0 Å². The lowest BCUT2D eigenvalue weighted by Gasteiger charge is -2.40. The molecule has 0 radical (unpaired) electrons. The molecule has 0 N–H and O–H groups in total. The quantitative estimate of drug-likeness (QED) is 0.478. The molecule has 0 saturated carbocycles. The zero-order valence-electron chi connectivity index (χ0n) is 21.0. The number of hydrogen-bond donors (Lipinski definition) is 0. The van der Waals surface area contributed by atoms with Crippen LogP contribution in [0, 0.1) is 0 Å². The minimum absolute atomic E-state index is 0.240. The lowest BCUT2D eigenvalue weighted by Crippen LogP contribution is -2.51. The molecule has 2 aromatic rings.